The molecule has 0 saturated carbocycles. The SMILES string of the molecule is CCCCCCCCCCCC[C@@H](O[Si](C)(C)C(C)(C)C)[C@H]1CC[C@@H]([C@H](CCCCC(=O)C[C@@H]2CCC[C@H](C[C@@]3(Sc4ccccc4)C[C@H](C)OC3=O)O2)O[Si](C)(C)C(C)(C)C)O1. The maximum Gasteiger partial charge on any atom is 0.323 e. The van der Waals surface area contributed by atoms with Crippen LogP contribution in [0.4, 0.5) is 0 Å². The van der Waals surface area contributed by atoms with Crippen molar-refractivity contribution in [3.63, 3.8) is 0 Å². The first-order valence-corrected chi connectivity index (χ1v) is 32.4. The van der Waals surface area contributed by atoms with Crippen LogP contribution in [0, 0.1) is 0 Å². The lowest BCUT2D eigenvalue weighted by molar-refractivity contribution is -0.144. The lowest BCUT2D eigenvalue weighted by Gasteiger charge is -2.42. The highest BCUT2D eigenvalue weighted by Gasteiger charge is 2.51. The Morgan fingerprint density at radius 2 is 1.24 bits per heavy atom. The van der Waals surface area contributed by atoms with Gasteiger partial charge in [0.2, 0.25) is 0 Å². The second kappa shape index (κ2) is 25.4. The molecule has 0 radical (unpaired) electrons. The quantitative estimate of drug-likeness (QED) is 0.0467. The molecule has 8 atom stereocenters. The largest absolute Gasteiger partial charge is 0.462 e. The highest BCUT2D eigenvalue weighted by atomic mass is 32.2. The summed E-state index contributed by atoms with van der Waals surface area (Å²) in [5.41, 5.74) is 0. The Bertz CT molecular complexity index is 1490. The van der Waals surface area contributed by atoms with Crippen molar-refractivity contribution in [2.45, 2.75) is 292 Å². The first-order chi connectivity index (χ1) is 29.6. The molecule has 362 valence electrons. The zero-order valence-corrected chi connectivity index (χ0v) is 45.3. The van der Waals surface area contributed by atoms with E-state index >= 15 is 0 Å². The molecule has 0 aromatic heterocycles. The number of Topliss-reactive ketones (excluding diaryl/α,β-unsaturated/α-hetero) is 1. The second-order valence-corrected chi connectivity index (χ2v) is 33.9. The third-order valence-electron chi connectivity index (χ3n) is 15.3. The van der Waals surface area contributed by atoms with Crippen LogP contribution in [0.15, 0.2) is 35.2 Å². The molecule has 3 fully saturated rings. The van der Waals surface area contributed by atoms with E-state index in [-0.39, 0.29) is 64.6 Å². The molecule has 63 heavy (non-hydrogen) atoms. The summed E-state index contributed by atoms with van der Waals surface area (Å²) in [5.74, 6) is 0.142. The fourth-order valence-corrected chi connectivity index (χ4v) is 13.6. The number of benzene rings is 1. The van der Waals surface area contributed by atoms with Crippen molar-refractivity contribution in [2.75, 3.05) is 0 Å². The average Bonchev–Trinajstić information content (AvgIpc) is 3.79. The highest BCUT2D eigenvalue weighted by molar-refractivity contribution is 8.01. The third kappa shape index (κ3) is 17.5. The lowest BCUT2D eigenvalue weighted by atomic mass is 9.91. The summed E-state index contributed by atoms with van der Waals surface area (Å²) < 4.78 is 33.3. The molecular formula is C53H94O7SSi2. The van der Waals surface area contributed by atoms with Gasteiger partial charge in [0, 0.05) is 24.2 Å². The number of hydrogen-bond acceptors (Lipinski definition) is 8. The molecule has 3 aliphatic rings. The van der Waals surface area contributed by atoms with Crippen molar-refractivity contribution < 1.29 is 32.7 Å². The Morgan fingerprint density at radius 1 is 0.730 bits per heavy atom. The molecule has 1 aromatic rings. The monoisotopic (exact) mass is 931 g/mol. The van der Waals surface area contributed by atoms with Gasteiger partial charge >= 0.3 is 5.97 Å². The van der Waals surface area contributed by atoms with Gasteiger partial charge in [-0.15, -0.1) is 11.8 Å². The predicted molar refractivity (Wildman–Crippen MR) is 269 cm³/mol. The summed E-state index contributed by atoms with van der Waals surface area (Å²) in [7, 11) is -4.08. The van der Waals surface area contributed by atoms with Crippen LogP contribution >= 0.6 is 11.8 Å². The van der Waals surface area contributed by atoms with E-state index in [4.69, 9.17) is 23.1 Å². The van der Waals surface area contributed by atoms with Crippen molar-refractivity contribution >= 4 is 40.1 Å². The molecule has 0 unspecified atom stereocenters. The minimum Gasteiger partial charge on any atom is -0.462 e. The summed E-state index contributed by atoms with van der Waals surface area (Å²) >= 11 is 1.62. The normalized spacial score (nSPS) is 25.9. The van der Waals surface area contributed by atoms with Crippen LogP contribution in [0.3, 0.4) is 0 Å². The van der Waals surface area contributed by atoms with Crippen molar-refractivity contribution in [1.82, 2.24) is 0 Å². The first kappa shape index (κ1) is 54.6. The molecule has 0 N–H and O–H groups in total. The zero-order valence-electron chi connectivity index (χ0n) is 42.5. The number of esters is 1. The molecule has 0 spiro atoms. The van der Waals surface area contributed by atoms with Crippen LogP contribution < -0.4 is 0 Å². The van der Waals surface area contributed by atoms with Gasteiger partial charge in [-0.3, -0.25) is 9.59 Å². The van der Waals surface area contributed by atoms with E-state index in [1.807, 2.05) is 25.1 Å². The average molecular weight is 932 g/mol. The van der Waals surface area contributed by atoms with E-state index in [1.54, 1.807) is 11.8 Å². The molecule has 3 saturated heterocycles. The number of unbranched alkanes of at least 4 members (excludes halogenated alkanes) is 10. The number of carbonyl (C=O) groups is 2. The van der Waals surface area contributed by atoms with Crippen molar-refractivity contribution in [3.05, 3.63) is 30.3 Å². The molecule has 3 aliphatic heterocycles. The minimum atomic E-state index is -2.08. The second-order valence-electron chi connectivity index (χ2n) is 22.9. The van der Waals surface area contributed by atoms with Gasteiger partial charge in [-0.05, 0) is 113 Å². The molecule has 7 nitrogen and oxygen atoms in total. The van der Waals surface area contributed by atoms with Gasteiger partial charge in [0.25, 0.3) is 0 Å². The number of hydrogen-bond donors (Lipinski definition) is 0. The Kier molecular flexibility index (Phi) is 22.0. The summed E-state index contributed by atoms with van der Waals surface area (Å²) in [4.78, 5) is 27.9. The lowest BCUT2D eigenvalue weighted by Crippen LogP contribution is -2.48. The maximum absolute atomic E-state index is 13.5. The molecule has 0 amide bonds. The first-order valence-electron chi connectivity index (χ1n) is 25.8. The Labute approximate surface area is 393 Å². The molecule has 0 bridgehead atoms. The molecule has 4 rings (SSSR count). The molecule has 3 heterocycles. The third-order valence-corrected chi connectivity index (χ3v) is 25.7. The fourth-order valence-electron chi connectivity index (χ4n) is 9.38. The number of rotatable bonds is 28. The Hall–Kier alpha value is -1.02. The molecule has 1 aromatic carbocycles. The summed E-state index contributed by atoms with van der Waals surface area (Å²) in [6.45, 7) is 27.8. The van der Waals surface area contributed by atoms with Gasteiger partial charge in [-0.25, -0.2) is 0 Å². The van der Waals surface area contributed by atoms with Gasteiger partial charge in [0.15, 0.2) is 16.6 Å². The van der Waals surface area contributed by atoms with Gasteiger partial charge in [0.1, 0.15) is 16.6 Å². The van der Waals surface area contributed by atoms with Crippen LogP contribution in [-0.4, -0.2) is 75.9 Å². The minimum absolute atomic E-state index is 0.0188. The van der Waals surface area contributed by atoms with Crippen LogP contribution in [-0.2, 0) is 32.7 Å². The molecular weight excluding hydrogens is 837 g/mol. The van der Waals surface area contributed by atoms with E-state index < -0.39 is 21.4 Å². The van der Waals surface area contributed by atoms with Gasteiger partial charge in [-0.2, -0.15) is 0 Å². The number of cyclic esters (lactones) is 1. The van der Waals surface area contributed by atoms with Gasteiger partial charge in [-0.1, -0.05) is 137 Å². The van der Waals surface area contributed by atoms with E-state index in [2.05, 4.69) is 86.8 Å². The number of ketones is 1. The number of ether oxygens (including phenoxy) is 3. The molecule has 0 aliphatic carbocycles. The van der Waals surface area contributed by atoms with E-state index in [9.17, 15) is 9.59 Å². The summed E-state index contributed by atoms with van der Waals surface area (Å²) in [6, 6.07) is 10.2. The zero-order chi connectivity index (χ0) is 46.3. The molecule has 10 heteroatoms. The summed E-state index contributed by atoms with van der Waals surface area (Å²) in [5, 5.41) is 0.239. The van der Waals surface area contributed by atoms with Crippen molar-refractivity contribution in [3.8, 4) is 0 Å². The predicted octanol–water partition coefficient (Wildman–Crippen LogP) is 15.3. The maximum atomic E-state index is 13.5. The Balaban J connectivity index is 1.31. The van der Waals surface area contributed by atoms with Gasteiger partial charge < -0.3 is 23.1 Å². The van der Waals surface area contributed by atoms with Crippen LogP contribution in [0.2, 0.25) is 36.3 Å². The van der Waals surface area contributed by atoms with Crippen LogP contribution in [0.5, 0.6) is 0 Å². The van der Waals surface area contributed by atoms with Crippen molar-refractivity contribution in [1.29, 1.82) is 0 Å². The van der Waals surface area contributed by atoms with E-state index in [1.165, 1.54) is 64.2 Å². The van der Waals surface area contributed by atoms with Gasteiger partial charge in [0.05, 0.1) is 36.6 Å². The highest BCUT2D eigenvalue weighted by Crippen LogP contribution is 2.47. The van der Waals surface area contributed by atoms with E-state index in [0.717, 1.165) is 62.7 Å². The topological polar surface area (TPSA) is 80.3 Å². The number of thioether (sulfide) groups is 1. The summed E-state index contributed by atoms with van der Waals surface area (Å²) in [6.07, 6.45) is 24.3. The van der Waals surface area contributed by atoms with E-state index in [0.29, 0.717) is 25.7 Å². The Morgan fingerprint density at radius 3 is 1.75 bits per heavy atom. The fraction of sp³-hybridized carbons (Fsp3) is 0.849. The standard InChI is InChI=1S/C53H94O7SSi2/c1-13-14-15-16-17-18-19-20-21-25-34-48(59-62(9,10)51(3,4)5)46-36-37-47(58-46)49(60-63(11,12)52(6,7)8)35-27-26-29-42(54)38-43-30-28-31-44(57-43)40-53(39-41(2)56-50(53)55)61-45-32-23-22-24-33-45/h22-24,32-33,41,43-44,46-49H,13-21,25-31,34-40H2,1-12H3/t41-,43-,44+,46+,47-,48+,49-,53-/m0/s1. The van der Waals surface area contributed by atoms with Crippen molar-refractivity contribution in [2.24, 2.45) is 0 Å². The smallest absolute Gasteiger partial charge is 0.323 e. The van der Waals surface area contributed by atoms with Crippen LogP contribution in [0.25, 0.3) is 0 Å². The van der Waals surface area contributed by atoms with Crippen LogP contribution in [0.1, 0.15) is 203 Å². The number of carbonyl (C=O) groups excluding carboxylic acids is 2.